The third kappa shape index (κ3) is 3.38. The summed E-state index contributed by atoms with van der Waals surface area (Å²) in [4.78, 5) is 0. The van der Waals surface area contributed by atoms with E-state index >= 15 is 0 Å². The van der Waals surface area contributed by atoms with Gasteiger partial charge in [0.05, 0.1) is 12.8 Å². The van der Waals surface area contributed by atoms with Gasteiger partial charge in [-0.2, -0.15) is 0 Å². The van der Waals surface area contributed by atoms with E-state index in [1.54, 1.807) is 12.1 Å². The summed E-state index contributed by atoms with van der Waals surface area (Å²) in [6.07, 6.45) is 0. The number of halogens is 2. The van der Waals surface area contributed by atoms with Gasteiger partial charge in [0.25, 0.3) is 0 Å². The van der Waals surface area contributed by atoms with Crippen LogP contribution in [0.25, 0.3) is 0 Å². The number of hydrogen-bond acceptors (Lipinski definition) is 3. The van der Waals surface area contributed by atoms with Gasteiger partial charge in [-0.3, -0.25) is 0 Å². The van der Waals surface area contributed by atoms with Crippen molar-refractivity contribution in [1.29, 1.82) is 0 Å². The normalized spacial score (nSPS) is 10.4. The molecule has 0 aliphatic carbocycles. The molecular weight excluding hydrogens is 342 g/mol. The zero-order chi connectivity index (χ0) is 14.7. The molecule has 0 saturated heterocycles. The molecule has 106 valence electrons. The van der Waals surface area contributed by atoms with E-state index in [1.807, 2.05) is 25.1 Å². The van der Waals surface area contributed by atoms with Crippen LogP contribution in [-0.4, -0.2) is 12.2 Å². The third-order valence-electron chi connectivity index (χ3n) is 2.97. The first-order valence-corrected chi connectivity index (χ1v) is 7.23. The summed E-state index contributed by atoms with van der Waals surface area (Å²) in [5.74, 6) is 0.598. The first-order chi connectivity index (χ1) is 9.51. The van der Waals surface area contributed by atoms with Crippen LogP contribution in [0.5, 0.6) is 11.5 Å². The first-order valence-electron chi connectivity index (χ1n) is 6.06. The molecule has 0 aliphatic heterocycles. The highest BCUT2D eigenvalue weighted by Crippen LogP contribution is 2.30. The van der Waals surface area contributed by atoms with E-state index in [4.69, 9.17) is 16.3 Å². The Hall–Kier alpha value is -1.39. The molecule has 2 aromatic rings. The summed E-state index contributed by atoms with van der Waals surface area (Å²) >= 11 is 9.62. The second-order valence-corrected chi connectivity index (χ2v) is 5.70. The summed E-state index contributed by atoms with van der Waals surface area (Å²) in [6, 6.07) is 9.16. The Bertz CT molecular complexity index is 632. The largest absolute Gasteiger partial charge is 0.504 e. The molecule has 20 heavy (non-hydrogen) atoms. The van der Waals surface area contributed by atoms with Crippen LogP contribution in [0.3, 0.4) is 0 Å². The number of benzene rings is 2. The number of phenols is 1. The highest BCUT2D eigenvalue weighted by atomic mass is 79.9. The molecule has 0 saturated carbocycles. The predicted octanol–water partition coefficient (Wildman–Crippen LogP) is 4.74. The number of rotatable bonds is 4. The van der Waals surface area contributed by atoms with Crippen molar-refractivity contribution in [2.45, 2.75) is 13.5 Å². The van der Waals surface area contributed by atoms with E-state index in [-0.39, 0.29) is 5.75 Å². The topological polar surface area (TPSA) is 41.5 Å². The van der Waals surface area contributed by atoms with Gasteiger partial charge in [0.1, 0.15) is 0 Å². The molecule has 0 aliphatic rings. The average Bonchev–Trinajstić information content (AvgIpc) is 2.41. The third-order valence-corrected chi connectivity index (χ3v) is 4.04. The van der Waals surface area contributed by atoms with Gasteiger partial charge < -0.3 is 15.2 Å². The highest BCUT2D eigenvalue weighted by Gasteiger charge is 2.06. The molecule has 0 unspecified atom stereocenters. The second kappa shape index (κ2) is 6.37. The lowest BCUT2D eigenvalue weighted by molar-refractivity contribution is 0.373. The van der Waals surface area contributed by atoms with Crippen LogP contribution >= 0.6 is 27.5 Å². The molecule has 0 radical (unpaired) electrons. The molecule has 5 heteroatoms. The van der Waals surface area contributed by atoms with Crippen molar-refractivity contribution in [1.82, 2.24) is 0 Å². The summed E-state index contributed by atoms with van der Waals surface area (Å²) < 4.78 is 5.97. The maximum atomic E-state index is 9.74. The number of aromatic hydroxyl groups is 1. The summed E-state index contributed by atoms with van der Waals surface area (Å²) in [5, 5.41) is 13.7. The van der Waals surface area contributed by atoms with E-state index in [0.29, 0.717) is 17.3 Å². The number of ether oxygens (including phenoxy) is 1. The van der Waals surface area contributed by atoms with Gasteiger partial charge >= 0.3 is 0 Å². The fourth-order valence-electron chi connectivity index (χ4n) is 1.82. The lowest BCUT2D eigenvalue weighted by Gasteiger charge is -2.11. The maximum Gasteiger partial charge on any atom is 0.160 e. The molecule has 0 atom stereocenters. The molecule has 0 fully saturated rings. The monoisotopic (exact) mass is 355 g/mol. The van der Waals surface area contributed by atoms with Gasteiger partial charge in [0.2, 0.25) is 0 Å². The van der Waals surface area contributed by atoms with E-state index in [1.165, 1.54) is 7.11 Å². The number of methoxy groups -OCH3 is 1. The minimum absolute atomic E-state index is 0.132. The van der Waals surface area contributed by atoms with Crippen LogP contribution in [0, 0.1) is 6.92 Å². The molecule has 0 aromatic heterocycles. The minimum atomic E-state index is 0.132. The van der Waals surface area contributed by atoms with Crippen molar-refractivity contribution in [2.75, 3.05) is 12.4 Å². The second-order valence-electron chi connectivity index (χ2n) is 4.44. The quantitative estimate of drug-likeness (QED) is 0.831. The van der Waals surface area contributed by atoms with Gasteiger partial charge in [0, 0.05) is 16.0 Å². The van der Waals surface area contributed by atoms with Crippen molar-refractivity contribution < 1.29 is 9.84 Å². The molecule has 2 N–H and O–H groups in total. The summed E-state index contributed by atoms with van der Waals surface area (Å²) in [5.41, 5.74) is 2.88. The SMILES string of the molecule is COc1ccc(CNc2cc(Cl)c(C)cc2Br)cc1O. The van der Waals surface area contributed by atoms with E-state index < -0.39 is 0 Å². The van der Waals surface area contributed by atoms with Gasteiger partial charge in [0.15, 0.2) is 11.5 Å². The Morgan fingerprint density at radius 3 is 2.70 bits per heavy atom. The zero-order valence-electron chi connectivity index (χ0n) is 11.2. The van der Waals surface area contributed by atoms with Crippen LogP contribution in [0.1, 0.15) is 11.1 Å². The Morgan fingerprint density at radius 1 is 1.30 bits per heavy atom. The smallest absolute Gasteiger partial charge is 0.160 e. The molecule has 2 aromatic carbocycles. The van der Waals surface area contributed by atoms with Crippen LogP contribution in [-0.2, 0) is 6.54 Å². The summed E-state index contributed by atoms with van der Waals surface area (Å²) in [7, 11) is 1.53. The van der Waals surface area contributed by atoms with E-state index in [2.05, 4.69) is 21.2 Å². The number of phenolic OH excluding ortho intramolecular Hbond substituents is 1. The molecule has 0 amide bonds. The first kappa shape index (κ1) is 15.0. The fraction of sp³-hybridized carbons (Fsp3) is 0.200. The Kier molecular flexibility index (Phi) is 4.78. The molecule has 0 bridgehead atoms. The van der Waals surface area contributed by atoms with Gasteiger partial charge in [-0.25, -0.2) is 0 Å². The number of aryl methyl sites for hydroxylation is 1. The predicted molar refractivity (Wildman–Crippen MR) is 85.9 cm³/mol. The Morgan fingerprint density at radius 2 is 2.05 bits per heavy atom. The lowest BCUT2D eigenvalue weighted by atomic mass is 10.2. The van der Waals surface area contributed by atoms with Crippen LogP contribution in [0.4, 0.5) is 5.69 Å². The number of hydrogen-bond donors (Lipinski definition) is 2. The van der Waals surface area contributed by atoms with Crippen molar-refractivity contribution >= 4 is 33.2 Å². The molecule has 2 rings (SSSR count). The molecule has 0 spiro atoms. The average molecular weight is 357 g/mol. The van der Waals surface area contributed by atoms with Crippen molar-refractivity contribution in [2.24, 2.45) is 0 Å². The van der Waals surface area contributed by atoms with Crippen molar-refractivity contribution in [3.63, 3.8) is 0 Å². The molecule has 3 nitrogen and oxygen atoms in total. The van der Waals surface area contributed by atoms with E-state index in [9.17, 15) is 5.11 Å². The van der Waals surface area contributed by atoms with Gasteiger partial charge in [-0.05, 0) is 58.2 Å². The van der Waals surface area contributed by atoms with Crippen molar-refractivity contribution in [3.05, 3.63) is 51.0 Å². The molecule has 0 heterocycles. The highest BCUT2D eigenvalue weighted by molar-refractivity contribution is 9.10. The zero-order valence-corrected chi connectivity index (χ0v) is 13.5. The van der Waals surface area contributed by atoms with Crippen LogP contribution in [0.15, 0.2) is 34.8 Å². The van der Waals surface area contributed by atoms with Crippen LogP contribution in [0.2, 0.25) is 5.02 Å². The fourth-order valence-corrected chi connectivity index (χ4v) is 2.59. The maximum absolute atomic E-state index is 9.74. The lowest BCUT2D eigenvalue weighted by Crippen LogP contribution is -2.00. The summed E-state index contributed by atoms with van der Waals surface area (Å²) in [6.45, 7) is 2.54. The molecular formula is C15H15BrClNO2. The van der Waals surface area contributed by atoms with Crippen molar-refractivity contribution in [3.8, 4) is 11.5 Å². The Labute approximate surface area is 131 Å². The van der Waals surface area contributed by atoms with E-state index in [0.717, 1.165) is 21.3 Å². The van der Waals surface area contributed by atoms with Crippen LogP contribution < -0.4 is 10.1 Å². The Balaban J connectivity index is 2.13. The minimum Gasteiger partial charge on any atom is -0.504 e. The number of nitrogens with one attached hydrogen (secondary N) is 1. The number of anilines is 1. The van der Waals surface area contributed by atoms with Gasteiger partial charge in [-0.15, -0.1) is 0 Å². The standard InChI is InChI=1S/C15H15BrClNO2/c1-9-5-11(16)13(7-12(9)17)18-8-10-3-4-15(20-2)14(19)6-10/h3-7,18-19H,8H2,1-2H3. The van der Waals surface area contributed by atoms with Gasteiger partial charge in [-0.1, -0.05) is 17.7 Å².